The average Bonchev–Trinajstić information content (AvgIpc) is 2.86. The van der Waals surface area contributed by atoms with Crippen molar-refractivity contribution >= 4 is 32.9 Å². The predicted molar refractivity (Wildman–Crippen MR) is 91.9 cm³/mol. The lowest BCUT2D eigenvalue weighted by Gasteiger charge is -2.06. The minimum Gasteiger partial charge on any atom is -0.463 e. The van der Waals surface area contributed by atoms with E-state index in [9.17, 15) is 0 Å². The summed E-state index contributed by atoms with van der Waals surface area (Å²) in [4.78, 5) is 12.8. The molecule has 7 heteroatoms. The van der Waals surface area contributed by atoms with Crippen molar-refractivity contribution in [1.29, 1.82) is 0 Å². The number of ether oxygens (including phenoxy) is 1. The zero-order chi connectivity index (χ0) is 16.2. The molecule has 6 nitrogen and oxygen atoms in total. The van der Waals surface area contributed by atoms with E-state index in [2.05, 4.69) is 36.8 Å². The van der Waals surface area contributed by atoms with E-state index < -0.39 is 0 Å². The topological polar surface area (TPSA) is 78.9 Å². The van der Waals surface area contributed by atoms with Crippen molar-refractivity contribution < 1.29 is 4.74 Å². The number of hydrogen-bond acceptors (Lipinski definition) is 5. The number of nitrogens with two attached hydrogens (primary N) is 1. The van der Waals surface area contributed by atoms with Gasteiger partial charge in [-0.3, -0.25) is 4.57 Å². The quantitative estimate of drug-likeness (QED) is 0.550. The Morgan fingerprint density at radius 1 is 1.22 bits per heavy atom. The van der Waals surface area contributed by atoms with E-state index in [-0.39, 0.29) is 11.8 Å². The maximum atomic E-state index is 5.94. The second-order valence-corrected chi connectivity index (χ2v) is 5.53. The van der Waals surface area contributed by atoms with Gasteiger partial charge in [-0.2, -0.15) is 9.97 Å². The Morgan fingerprint density at radius 3 is 2.74 bits per heavy atom. The van der Waals surface area contributed by atoms with Gasteiger partial charge in [0.05, 0.1) is 13.2 Å². The highest BCUT2D eigenvalue weighted by molar-refractivity contribution is 9.10. The molecule has 1 aromatic carbocycles. The third kappa shape index (κ3) is 3.27. The molecular formula is C16H14BrN5O. The van der Waals surface area contributed by atoms with E-state index in [0.717, 1.165) is 6.42 Å². The molecule has 0 amide bonds. The molecular weight excluding hydrogens is 358 g/mol. The number of fused-ring (bicyclic) bond motifs is 1. The SMILES string of the molecule is C#CCn1c(Br)nc2c(N)nc(OCCc3ccccc3)nc21. The van der Waals surface area contributed by atoms with Gasteiger partial charge in [0.1, 0.15) is 0 Å². The van der Waals surface area contributed by atoms with Gasteiger partial charge in [-0.25, -0.2) is 4.98 Å². The van der Waals surface area contributed by atoms with Crippen LogP contribution in [0.25, 0.3) is 11.2 Å². The number of nitrogens with zero attached hydrogens (tertiary/aromatic N) is 4. The summed E-state index contributed by atoms with van der Waals surface area (Å²) in [5, 5.41) is 0. The number of anilines is 1. The summed E-state index contributed by atoms with van der Waals surface area (Å²) in [5.41, 5.74) is 8.18. The fourth-order valence-electron chi connectivity index (χ4n) is 2.18. The van der Waals surface area contributed by atoms with E-state index >= 15 is 0 Å². The van der Waals surface area contributed by atoms with Crippen molar-refractivity contribution in [1.82, 2.24) is 19.5 Å². The third-order valence-corrected chi connectivity index (χ3v) is 3.87. The zero-order valence-corrected chi connectivity index (χ0v) is 13.8. The van der Waals surface area contributed by atoms with Crippen LogP contribution in [0, 0.1) is 12.3 Å². The van der Waals surface area contributed by atoms with Crippen LogP contribution in [-0.4, -0.2) is 26.1 Å². The Balaban J connectivity index is 1.81. The van der Waals surface area contributed by atoms with Gasteiger partial charge in [0.2, 0.25) is 0 Å². The van der Waals surface area contributed by atoms with Crippen LogP contribution in [0.2, 0.25) is 0 Å². The zero-order valence-electron chi connectivity index (χ0n) is 12.2. The lowest BCUT2D eigenvalue weighted by atomic mass is 10.2. The molecule has 0 saturated carbocycles. The fourth-order valence-corrected chi connectivity index (χ4v) is 2.65. The highest BCUT2D eigenvalue weighted by Gasteiger charge is 2.15. The van der Waals surface area contributed by atoms with Gasteiger partial charge in [-0.05, 0) is 21.5 Å². The van der Waals surface area contributed by atoms with Crippen LogP contribution < -0.4 is 10.5 Å². The number of terminal acetylenes is 1. The first kappa shape index (κ1) is 15.3. The molecule has 0 radical (unpaired) electrons. The van der Waals surface area contributed by atoms with Crippen LogP contribution in [0.4, 0.5) is 5.82 Å². The molecule has 116 valence electrons. The number of hydrogen-bond donors (Lipinski definition) is 1. The summed E-state index contributed by atoms with van der Waals surface area (Å²) in [6.07, 6.45) is 6.13. The highest BCUT2D eigenvalue weighted by atomic mass is 79.9. The fraction of sp³-hybridized carbons (Fsp3) is 0.188. The second-order valence-electron chi connectivity index (χ2n) is 4.82. The molecule has 0 spiro atoms. The highest BCUT2D eigenvalue weighted by Crippen LogP contribution is 2.24. The minimum atomic E-state index is 0.219. The van der Waals surface area contributed by atoms with Gasteiger partial charge in [0.25, 0.3) is 0 Å². The normalized spacial score (nSPS) is 10.6. The maximum absolute atomic E-state index is 5.94. The molecule has 0 unspecified atom stereocenters. The Hall–Kier alpha value is -2.59. The van der Waals surface area contributed by atoms with E-state index in [1.807, 2.05) is 30.3 Å². The lowest BCUT2D eigenvalue weighted by molar-refractivity contribution is 0.297. The number of nitrogen functional groups attached to an aromatic ring is 1. The van der Waals surface area contributed by atoms with Crippen LogP contribution in [0.3, 0.4) is 0 Å². The van der Waals surface area contributed by atoms with Crippen LogP contribution in [-0.2, 0) is 13.0 Å². The first-order valence-electron chi connectivity index (χ1n) is 6.98. The van der Waals surface area contributed by atoms with E-state index in [0.29, 0.717) is 29.0 Å². The minimum absolute atomic E-state index is 0.219. The van der Waals surface area contributed by atoms with Crippen molar-refractivity contribution in [2.45, 2.75) is 13.0 Å². The van der Waals surface area contributed by atoms with Gasteiger partial charge < -0.3 is 10.5 Å². The van der Waals surface area contributed by atoms with Crippen LogP contribution in [0.15, 0.2) is 35.1 Å². The standard InChI is InChI=1S/C16H14BrN5O/c1-2-9-22-14-12(19-15(22)17)13(18)20-16(21-14)23-10-8-11-6-4-3-5-7-11/h1,3-7H,8-10H2,(H2,18,20,21). The first-order chi connectivity index (χ1) is 11.2. The molecule has 0 bridgehead atoms. The molecule has 2 heterocycles. The first-order valence-corrected chi connectivity index (χ1v) is 7.78. The van der Waals surface area contributed by atoms with Crippen molar-refractivity contribution in [3.63, 3.8) is 0 Å². The molecule has 2 N–H and O–H groups in total. The Kier molecular flexibility index (Phi) is 4.44. The number of aromatic nitrogens is 4. The molecule has 0 aliphatic rings. The summed E-state index contributed by atoms with van der Waals surface area (Å²) in [6.45, 7) is 0.788. The lowest BCUT2D eigenvalue weighted by Crippen LogP contribution is -2.07. The smallest absolute Gasteiger partial charge is 0.320 e. The number of halogens is 1. The molecule has 23 heavy (non-hydrogen) atoms. The third-order valence-electron chi connectivity index (χ3n) is 3.27. The van der Waals surface area contributed by atoms with Crippen molar-refractivity contribution in [2.24, 2.45) is 0 Å². The van der Waals surface area contributed by atoms with Crippen molar-refractivity contribution in [3.05, 3.63) is 40.6 Å². The van der Waals surface area contributed by atoms with Crippen molar-refractivity contribution in [3.8, 4) is 18.4 Å². The molecule has 0 aliphatic carbocycles. The van der Waals surface area contributed by atoms with Gasteiger partial charge in [0.15, 0.2) is 21.7 Å². The van der Waals surface area contributed by atoms with Gasteiger partial charge in [-0.15, -0.1) is 6.42 Å². The average molecular weight is 372 g/mol. The van der Waals surface area contributed by atoms with Gasteiger partial charge >= 0.3 is 6.01 Å². The molecule has 0 aliphatic heterocycles. The van der Waals surface area contributed by atoms with Crippen LogP contribution in [0.5, 0.6) is 6.01 Å². The monoisotopic (exact) mass is 371 g/mol. The number of benzene rings is 1. The maximum Gasteiger partial charge on any atom is 0.320 e. The summed E-state index contributed by atoms with van der Waals surface area (Å²) in [5.74, 6) is 2.82. The summed E-state index contributed by atoms with van der Waals surface area (Å²) in [7, 11) is 0. The van der Waals surface area contributed by atoms with E-state index in [1.165, 1.54) is 5.56 Å². The Morgan fingerprint density at radius 2 is 2.00 bits per heavy atom. The molecule has 0 saturated heterocycles. The molecule has 2 aromatic heterocycles. The Labute approximate surface area is 141 Å². The van der Waals surface area contributed by atoms with E-state index in [1.54, 1.807) is 4.57 Å². The molecule has 0 fully saturated rings. The molecule has 3 rings (SSSR count). The van der Waals surface area contributed by atoms with Crippen LogP contribution in [0.1, 0.15) is 5.56 Å². The van der Waals surface area contributed by atoms with Gasteiger partial charge in [0, 0.05) is 6.42 Å². The Bertz CT molecular complexity index is 870. The predicted octanol–water partition coefficient (Wildman–Crippen LogP) is 2.43. The summed E-state index contributed by atoms with van der Waals surface area (Å²) < 4.78 is 7.93. The van der Waals surface area contributed by atoms with Gasteiger partial charge in [-0.1, -0.05) is 36.3 Å². The van der Waals surface area contributed by atoms with Crippen LogP contribution >= 0.6 is 15.9 Å². The number of imidazole rings is 1. The summed E-state index contributed by atoms with van der Waals surface area (Å²) in [6, 6.07) is 10.3. The second kappa shape index (κ2) is 6.67. The molecule has 3 aromatic rings. The van der Waals surface area contributed by atoms with Crippen molar-refractivity contribution in [2.75, 3.05) is 12.3 Å². The summed E-state index contributed by atoms with van der Waals surface area (Å²) >= 11 is 3.34. The van der Waals surface area contributed by atoms with E-state index in [4.69, 9.17) is 16.9 Å². The number of rotatable bonds is 5. The largest absolute Gasteiger partial charge is 0.463 e. The molecule has 0 atom stereocenters.